The molecule has 6 nitrogen and oxygen atoms in total. The van der Waals surface area contributed by atoms with Crippen molar-refractivity contribution in [1.82, 2.24) is 10.6 Å². The molecule has 0 saturated carbocycles. The number of halogens is 5. The fourth-order valence-corrected chi connectivity index (χ4v) is 2.40. The van der Waals surface area contributed by atoms with Crippen LogP contribution in [0.25, 0.3) is 0 Å². The molecule has 172 valence electrons. The van der Waals surface area contributed by atoms with Gasteiger partial charge in [0, 0.05) is 12.6 Å². The van der Waals surface area contributed by atoms with Crippen LogP contribution in [0.15, 0.2) is 47.5 Å². The van der Waals surface area contributed by atoms with Gasteiger partial charge < -0.3 is 25.2 Å². The van der Waals surface area contributed by atoms with Gasteiger partial charge in [0.15, 0.2) is 17.6 Å². The number of rotatable bonds is 10. The highest BCUT2D eigenvalue weighted by Crippen LogP contribution is 2.19. The predicted octanol–water partition coefficient (Wildman–Crippen LogP) is 3.85. The number of nitrogens with zero attached hydrogens (tertiary/aromatic N) is 1. The zero-order valence-electron chi connectivity index (χ0n) is 16.7. The number of hydrogen-bond donors (Lipinski definition) is 3. The van der Waals surface area contributed by atoms with E-state index < -0.39 is 24.3 Å². The maximum Gasteiger partial charge on any atom is 0.387 e. The van der Waals surface area contributed by atoms with Crippen molar-refractivity contribution in [3.8, 4) is 11.5 Å². The van der Waals surface area contributed by atoms with Crippen LogP contribution in [0.5, 0.6) is 11.5 Å². The standard InChI is InChI=1S/C20H23F4N3O3.HI/c1-2-25-20(26-9-10-29-15-7-8-16(21)17(22)11-15)27-12-18(28)13-3-5-14(6-4-13)30-19(23)24;/h3-8,11,18-19,28H,2,9-10,12H2,1H3,(H2,25,26,27);1H. The summed E-state index contributed by atoms with van der Waals surface area (Å²) in [4.78, 5) is 4.26. The Morgan fingerprint density at radius 2 is 1.71 bits per heavy atom. The number of guanidine groups is 1. The summed E-state index contributed by atoms with van der Waals surface area (Å²) >= 11 is 0. The van der Waals surface area contributed by atoms with Crippen molar-refractivity contribution >= 4 is 29.9 Å². The van der Waals surface area contributed by atoms with E-state index in [1.165, 1.54) is 30.3 Å². The SMILES string of the molecule is CCNC(=NCC(O)c1ccc(OC(F)F)cc1)NCCOc1ccc(F)c(F)c1.I. The third-order valence-corrected chi connectivity index (χ3v) is 3.81. The number of aliphatic imine (C=N–C) groups is 1. The molecule has 2 aromatic rings. The smallest absolute Gasteiger partial charge is 0.387 e. The van der Waals surface area contributed by atoms with Crippen molar-refractivity contribution in [2.75, 3.05) is 26.2 Å². The molecule has 11 heteroatoms. The average Bonchev–Trinajstić information content (AvgIpc) is 2.71. The second-order valence-electron chi connectivity index (χ2n) is 6.03. The third kappa shape index (κ3) is 9.59. The van der Waals surface area contributed by atoms with Crippen molar-refractivity contribution in [3.63, 3.8) is 0 Å². The molecule has 0 aliphatic heterocycles. The molecular formula is C20H24F4IN3O3. The molecule has 2 rings (SSSR count). The van der Waals surface area contributed by atoms with Gasteiger partial charge in [0.25, 0.3) is 0 Å². The van der Waals surface area contributed by atoms with Crippen LogP contribution in [0.4, 0.5) is 17.6 Å². The van der Waals surface area contributed by atoms with Crippen LogP contribution in [-0.4, -0.2) is 43.9 Å². The minimum atomic E-state index is -2.91. The lowest BCUT2D eigenvalue weighted by Gasteiger charge is -2.14. The van der Waals surface area contributed by atoms with Gasteiger partial charge in [-0.1, -0.05) is 12.1 Å². The van der Waals surface area contributed by atoms with Crippen molar-refractivity contribution in [1.29, 1.82) is 0 Å². The molecule has 0 heterocycles. The number of ether oxygens (including phenoxy) is 2. The maximum atomic E-state index is 13.1. The molecule has 0 aliphatic carbocycles. The molecule has 0 aromatic heterocycles. The molecular weight excluding hydrogens is 533 g/mol. The zero-order valence-corrected chi connectivity index (χ0v) is 19.0. The summed E-state index contributed by atoms with van der Waals surface area (Å²) in [6, 6.07) is 8.91. The van der Waals surface area contributed by atoms with E-state index in [9.17, 15) is 22.7 Å². The molecule has 1 unspecified atom stereocenters. The Bertz CT molecular complexity index is 826. The van der Waals surface area contributed by atoms with Gasteiger partial charge in [-0.2, -0.15) is 8.78 Å². The normalized spacial score (nSPS) is 12.2. The Morgan fingerprint density at radius 3 is 2.32 bits per heavy atom. The highest BCUT2D eigenvalue weighted by molar-refractivity contribution is 14.0. The molecule has 2 aromatic carbocycles. The second-order valence-corrected chi connectivity index (χ2v) is 6.03. The number of benzene rings is 2. The Balaban J connectivity index is 0.00000480. The third-order valence-electron chi connectivity index (χ3n) is 3.81. The molecule has 1 atom stereocenters. The van der Waals surface area contributed by atoms with Crippen LogP contribution >= 0.6 is 24.0 Å². The summed E-state index contributed by atoms with van der Waals surface area (Å²) in [6.45, 7) is 0.0439. The van der Waals surface area contributed by atoms with Crippen LogP contribution in [-0.2, 0) is 0 Å². The van der Waals surface area contributed by atoms with Crippen LogP contribution in [0.1, 0.15) is 18.6 Å². The van der Waals surface area contributed by atoms with Gasteiger partial charge in [0.2, 0.25) is 0 Å². The molecule has 0 spiro atoms. The van der Waals surface area contributed by atoms with Crippen LogP contribution in [0.3, 0.4) is 0 Å². The fourth-order valence-electron chi connectivity index (χ4n) is 2.40. The minimum absolute atomic E-state index is 0. The number of alkyl halides is 2. The van der Waals surface area contributed by atoms with Crippen LogP contribution in [0.2, 0.25) is 0 Å². The van der Waals surface area contributed by atoms with Gasteiger partial charge in [-0.15, -0.1) is 24.0 Å². The van der Waals surface area contributed by atoms with E-state index in [0.29, 0.717) is 24.6 Å². The second kappa shape index (κ2) is 13.9. The van der Waals surface area contributed by atoms with Gasteiger partial charge in [-0.05, 0) is 36.8 Å². The fraction of sp³-hybridized carbons (Fsp3) is 0.350. The summed E-state index contributed by atoms with van der Waals surface area (Å²) in [5, 5.41) is 16.2. The quantitative estimate of drug-likeness (QED) is 0.136. The first-order valence-electron chi connectivity index (χ1n) is 9.22. The highest BCUT2D eigenvalue weighted by Gasteiger charge is 2.10. The van der Waals surface area contributed by atoms with Gasteiger partial charge >= 0.3 is 6.61 Å². The number of nitrogens with one attached hydrogen (secondary N) is 2. The number of aliphatic hydroxyl groups excluding tert-OH is 1. The van der Waals surface area contributed by atoms with E-state index in [4.69, 9.17) is 4.74 Å². The Labute approximate surface area is 194 Å². The van der Waals surface area contributed by atoms with Gasteiger partial charge in [-0.3, -0.25) is 4.99 Å². The van der Waals surface area contributed by atoms with Crippen molar-refractivity contribution in [2.45, 2.75) is 19.6 Å². The van der Waals surface area contributed by atoms with Crippen LogP contribution in [0, 0.1) is 11.6 Å². The summed E-state index contributed by atoms with van der Waals surface area (Å²) < 4.78 is 60.0. The Morgan fingerprint density at radius 1 is 1.03 bits per heavy atom. The van der Waals surface area contributed by atoms with Crippen molar-refractivity contribution in [2.24, 2.45) is 4.99 Å². The van der Waals surface area contributed by atoms with E-state index >= 15 is 0 Å². The monoisotopic (exact) mass is 557 g/mol. The van der Waals surface area contributed by atoms with Crippen molar-refractivity contribution in [3.05, 3.63) is 59.7 Å². The first-order chi connectivity index (χ1) is 14.4. The molecule has 0 amide bonds. The first kappa shape index (κ1) is 26.8. The summed E-state index contributed by atoms with van der Waals surface area (Å²) in [6.07, 6.45) is -0.945. The highest BCUT2D eigenvalue weighted by atomic mass is 127. The number of aliphatic hydroxyl groups is 1. The maximum absolute atomic E-state index is 13.1. The van der Waals surface area contributed by atoms with Gasteiger partial charge in [-0.25, -0.2) is 8.78 Å². The number of hydrogen-bond acceptors (Lipinski definition) is 4. The van der Waals surface area contributed by atoms with E-state index in [-0.39, 0.29) is 48.6 Å². The van der Waals surface area contributed by atoms with E-state index in [1.807, 2.05) is 6.92 Å². The predicted molar refractivity (Wildman–Crippen MR) is 119 cm³/mol. The lowest BCUT2D eigenvalue weighted by molar-refractivity contribution is -0.0498. The molecule has 0 aliphatic rings. The molecule has 3 N–H and O–H groups in total. The lowest BCUT2D eigenvalue weighted by atomic mass is 10.1. The summed E-state index contributed by atoms with van der Waals surface area (Å²) in [5.74, 6) is -1.31. The molecule has 0 radical (unpaired) electrons. The topological polar surface area (TPSA) is 75.1 Å². The zero-order chi connectivity index (χ0) is 21.9. The van der Waals surface area contributed by atoms with Gasteiger partial charge in [0.1, 0.15) is 18.1 Å². The molecule has 0 saturated heterocycles. The summed E-state index contributed by atoms with van der Waals surface area (Å²) in [7, 11) is 0. The van der Waals surface area contributed by atoms with E-state index in [2.05, 4.69) is 20.4 Å². The largest absolute Gasteiger partial charge is 0.492 e. The minimum Gasteiger partial charge on any atom is -0.492 e. The van der Waals surface area contributed by atoms with Crippen LogP contribution < -0.4 is 20.1 Å². The Hall–Kier alpha value is -2.28. The average molecular weight is 557 g/mol. The van der Waals surface area contributed by atoms with Crippen molar-refractivity contribution < 1.29 is 32.1 Å². The molecule has 0 fully saturated rings. The lowest BCUT2D eigenvalue weighted by Crippen LogP contribution is -2.39. The molecule has 31 heavy (non-hydrogen) atoms. The summed E-state index contributed by atoms with van der Waals surface area (Å²) in [5.41, 5.74) is 0.498. The van der Waals surface area contributed by atoms with E-state index in [1.54, 1.807) is 0 Å². The van der Waals surface area contributed by atoms with E-state index in [0.717, 1.165) is 12.1 Å². The van der Waals surface area contributed by atoms with Gasteiger partial charge in [0.05, 0.1) is 19.2 Å². The molecule has 0 bridgehead atoms. The first-order valence-corrected chi connectivity index (χ1v) is 9.22. The Kier molecular flexibility index (Phi) is 12.0.